The first-order valence-corrected chi connectivity index (χ1v) is 8.96. The zero-order valence-corrected chi connectivity index (χ0v) is 13.8. The standard InChI is InChI=1S/C18H20N2O2S/c21-17(19-14-6-7-14)16-12-15(13-4-2-1-3-5-13)18(23-16)20-8-10-22-11-9-20/h1-5,12,14H,6-11H2,(H,19,21). The number of nitrogens with zero attached hydrogens (tertiary/aromatic N) is 1. The monoisotopic (exact) mass is 328 g/mol. The van der Waals surface area contributed by atoms with E-state index in [1.54, 1.807) is 11.3 Å². The highest BCUT2D eigenvalue weighted by molar-refractivity contribution is 7.18. The van der Waals surface area contributed by atoms with Crippen LogP contribution >= 0.6 is 11.3 Å². The number of hydrogen-bond acceptors (Lipinski definition) is 4. The van der Waals surface area contributed by atoms with E-state index in [1.807, 2.05) is 24.3 Å². The summed E-state index contributed by atoms with van der Waals surface area (Å²) < 4.78 is 5.47. The fourth-order valence-electron chi connectivity index (χ4n) is 2.80. The van der Waals surface area contributed by atoms with Gasteiger partial charge in [-0.1, -0.05) is 30.3 Å². The molecule has 4 rings (SSSR count). The van der Waals surface area contributed by atoms with Crippen LogP contribution in [-0.4, -0.2) is 38.3 Å². The van der Waals surface area contributed by atoms with Crippen LogP contribution in [0.25, 0.3) is 11.1 Å². The summed E-state index contributed by atoms with van der Waals surface area (Å²) >= 11 is 1.60. The number of anilines is 1. The van der Waals surface area contributed by atoms with Crippen LogP contribution in [0.2, 0.25) is 0 Å². The second-order valence-electron chi connectivity index (χ2n) is 6.04. The number of amides is 1. The number of ether oxygens (including phenoxy) is 1. The van der Waals surface area contributed by atoms with Crippen LogP contribution in [0.4, 0.5) is 5.00 Å². The third-order valence-corrected chi connectivity index (χ3v) is 5.43. The van der Waals surface area contributed by atoms with Gasteiger partial charge in [-0.2, -0.15) is 0 Å². The lowest BCUT2D eigenvalue weighted by Crippen LogP contribution is -2.35. The lowest BCUT2D eigenvalue weighted by Gasteiger charge is -2.28. The van der Waals surface area contributed by atoms with Crippen molar-refractivity contribution in [2.24, 2.45) is 0 Å². The second-order valence-corrected chi connectivity index (χ2v) is 7.07. The Balaban J connectivity index is 1.69. The summed E-state index contributed by atoms with van der Waals surface area (Å²) in [7, 11) is 0. The largest absolute Gasteiger partial charge is 0.378 e. The van der Waals surface area contributed by atoms with Gasteiger partial charge >= 0.3 is 0 Å². The zero-order valence-electron chi connectivity index (χ0n) is 13.0. The SMILES string of the molecule is O=C(NC1CC1)c1cc(-c2ccccc2)c(N2CCOCC2)s1. The van der Waals surface area contributed by atoms with Crippen molar-refractivity contribution in [1.29, 1.82) is 0 Å². The Kier molecular flexibility index (Phi) is 4.06. The van der Waals surface area contributed by atoms with Gasteiger partial charge in [0.25, 0.3) is 5.91 Å². The molecule has 1 saturated heterocycles. The smallest absolute Gasteiger partial charge is 0.261 e. The predicted octanol–water partition coefficient (Wildman–Crippen LogP) is 3.14. The molecule has 120 valence electrons. The average Bonchev–Trinajstić information content (AvgIpc) is 3.30. The number of carbonyl (C=O) groups excluding carboxylic acids is 1. The van der Waals surface area contributed by atoms with Crippen molar-refractivity contribution in [1.82, 2.24) is 5.32 Å². The molecule has 5 heteroatoms. The maximum atomic E-state index is 12.4. The normalized spacial score (nSPS) is 18.0. The molecule has 1 aliphatic heterocycles. The van der Waals surface area contributed by atoms with Crippen LogP contribution in [0.1, 0.15) is 22.5 Å². The van der Waals surface area contributed by atoms with Gasteiger partial charge in [0, 0.05) is 24.7 Å². The molecule has 0 spiro atoms. The van der Waals surface area contributed by atoms with E-state index in [9.17, 15) is 4.79 Å². The Morgan fingerprint density at radius 1 is 1.17 bits per heavy atom. The summed E-state index contributed by atoms with van der Waals surface area (Å²) in [6.07, 6.45) is 2.22. The van der Waals surface area contributed by atoms with Crippen molar-refractivity contribution >= 4 is 22.2 Å². The lowest BCUT2D eigenvalue weighted by molar-refractivity contribution is 0.0955. The van der Waals surface area contributed by atoms with Crippen LogP contribution in [0.15, 0.2) is 36.4 Å². The minimum absolute atomic E-state index is 0.0641. The summed E-state index contributed by atoms with van der Waals surface area (Å²) in [5.41, 5.74) is 2.31. The molecule has 2 heterocycles. The fraction of sp³-hybridized carbons (Fsp3) is 0.389. The van der Waals surface area contributed by atoms with Gasteiger partial charge in [-0.15, -0.1) is 11.3 Å². The number of thiophene rings is 1. The molecule has 1 amide bonds. The molecular formula is C18H20N2O2S. The van der Waals surface area contributed by atoms with E-state index in [-0.39, 0.29) is 5.91 Å². The van der Waals surface area contributed by atoms with Gasteiger partial charge in [-0.05, 0) is 24.5 Å². The average molecular weight is 328 g/mol. The Bertz CT molecular complexity index is 688. The number of morpholine rings is 1. The molecule has 1 aromatic heterocycles. The molecule has 2 aliphatic rings. The lowest BCUT2D eigenvalue weighted by atomic mass is 10.1. The van der Waals surface area contributed by atoms with Gasteiger partial charge in [0.1, 0.15) is 0 Å². The number of nitrogens with one attached hydrogen (secondary N) is 1. The maximum Gasteiger partial charge on any atom is 0.261 e. The summed E-state index contributed by atoms with van der Waals surface area (Å²) in [5.74, 6) is 0.0641. The van der Waals surface area contributed by atoms with E-state index in [4.69, 9.17) is 4.74 Å². The minimum Gasteiger partial charge on any atom is -0.378 e. The molecule has 1 aliphatic carbocycles. The molecule has 0 unspecified atom stereocenters. The number of carbonyl (C=O) groups is 1. The highest BCUT2D eigenvalue weighted by Crippen LogP contribution is 2.39. The van der Waals surface area contributed by atoms with Crippen LogP contribution in [0, 0.1) is 0 Å². The van der Waals surface area contributed by atoms with Crippen LogP contribution < -0.4 is 10.2 Å². The van der Waals surface area contributed by atoms with Crippen LogP contribution in [0.5, 0.6) is 0 Å². The first kappa shape index (κ1) is 14.7. The fourth-order valence-corrected chi connectivity index (χ4v) is 3.94. The first-order valence-electron chi connectivity index (χ1n) is 8.14. The number of rotatable bonds is 4. The number of hydrogen-bond donors (Lipinski definition) is 1. The van der Waals surface area contributed by atoms with Crippen molar-refractivity contribution in [3.63, 3.8) is 0 Å². The summed E-state index contributed by atoms with van der Waals surface area (Å²) in [4.78, 5) is 15.6. The second kappa shape index (κ2) is 6.34. The Labute approximate surface area is 140 Å². The molecule has 0 radical (unpaired) electrons. The predicted molar refractivity (Wildman–Crippen MR) is 93.3 cm³/mol. The third-order valence-electron chi connectivity index (χ3n) is 4.23. The van der Waals surface area contributed by atoms with E-state index >= 15 is 0 Å². The molecule has 0 atom stereocenters. The molecule has 2 fully saturated rings. The minimum atomic E-state index is 0.0641. The van der Waals surface area contributed by atoms with Gasteiger partial charge in [0.15, 0.2) is 0 Å². The van der Waals surface area contributed by atoms with Gasteiger partial charge < -0.3 is 15.0 Å². The van der Waals surface area contributed by atoms with E-state index in [1.165, 1.54) is 5.00 Å². The molecule has 4 nitrogen and oxygen atoms in total. The molecule has 1 aromatic carbocycles. The van der Waals surface area contributed by atoms with Gasteiger partial charge in [-0.3, -0.25) is 4.79 Å². The van der Waals surface area contributed by atoms with Crippen molar-refractivity contribution in [3.8, 4) is 11.1 Å². The van der Waals surface area contributed by atoms with Crippen molar-refractivity contribution in [2.45, 2.75) is 18.9 Å². The van der Waals surface area contributed by atoms with Crippen LogP contribution in [0.3, 0.4) is 0 Å². The Morgan fingerprint density at radius 3 is 2.61 bits per heavy atom. The molecule has 0 bridgehead atoms. The van der Waals surface area contributed by atoms with Gasteiger partial charge in [-0.25, -0.2) is 0 Å². The Hall–Kier alpha value is -1.85. The molecule has 23 heavy (non-hydrogen) atoms. The van der Waals surface area contributed by atoms with Crippen LogP contribution in [-0.2, 0) is 4.74 Å². The Morgan fingerprint density at radius 2 is 1.91 bits per heavy atom. The maximum absolute atomic E-state index is 12.4. The zero-order chi connectivity index (χ0) is 15.6. The topological polar surface area (TPSA) is 41.6 Å². The number of benzene rings is 1. The highest BCUT2D eigenvalue weighted by Gasteiger charge is 2.26. The van der Waals surface area contributed by atoms with E-state index < -0.39 is 0 Å². The van der Waals surface area contributed by atoms with Gasteiger partial charge in [0.2, 0.25) is 0 Å². The molecule has 2 aromatic rings. The molecule has 1 N–H and O–H groups in total. The summed E-state index contributed by atoms with van der Waals surface area (Å²) in [5, 5.41) is 4.27. The summed E-state index contributed by atoms with van der Waals surface area (Å²) in [6, 6.07) is 12.7. The quantitative estimate of drug-likeness (QED) is 0.937. The first-order chi connectivity index (χ1) is 11.3. The third kappa shape index (κ3) is 3.26. The molecular weight excluding hydrogens is 308 g/mol. The van der Waals surface area contributed by atoms with Crippen molar-refractivity contribution in [2.75, 3.05) is 31.2 Å². The highest BCUT2D eigenvalue weighted by atomic mass is 32.1. The summed E-state index contributed by atoms with van der Waals surface area (Å²) in [6.45, 7) is 3.25. The van der Waals surface area contributed by atoms with E-state index in [0.29, 0.717) is 6.04 Å². The van der Waals surface area contributed by atoms with Gasteiger partial charge in [0.05, 0.1) is 23.1 Å². The van der Waals surface area contributed by atoms with Crippen molar-refractivity contribution < 1.29 is 9.53 Å². The molecule has 1 saturated carbocycles. The van der Waals surface area contributed by atoms with E-state index in [2.05, 4.69) is 22.3 Å². The van der Waals surface area contributed by atoms with E-state index in [0.717, 1.165) is 55.1 Å². The van der Waals surface area contributed by atoms with Crippen molar-refractivity contribution in [3.05, 3.63) is 41.3 Å².